The molecule has 0 aromatic heterocycles. The monoisotopic (exact) mass is 367 g/mol. The van der Waals surface area contributed by atoms with E-state index in [1.165, 1.54) is 0 Å². The summed E-state index contributed by atoms with van der Waals surface area (Å²) in [6.07, 6.45) is 0. The number of hydrogen-bond acceptors (Lipinski definition) is 2. The van der Waals surface area contributed by atoms with Crippen LogP contribution in [-0.4, -0.2) is 12.5 Å². The van der Waals surface area contributed by atoms with Gasteiger partial charge in [-0.25, -0.2) is 0 Å². The Bertz CT molecular complexity index is 673. The molecule has 0 aliphatic rings. The first kappa shape index (κ1) is 15.9. The van der Waals surface area contributed by atoms with Crippen LogP contribution in [0, 0.1) is 6.92 Å². The summed E-state index contributed by atoms with van der Waals surface area (Å²) in [6.45, 7) is 4.42. The minimum absolute atomic E-state index is 0.219. The van der Waals surface area contributed by atoms with Gasteiger partial charge in [0.1, 0.15) is 5.75 Å². The molecule has 0 fully saturated rings. The lowest BCUT2D eigenvalue weighted by molar-refractivity contribution is 0.102. The Labute approximate surface area is 137 Å². The Morgan fingerprint density at radius 2 is 2.05 bits per heavy atom. The third-order valence-electron chi connectivity index (χ3n) is 2.86. The van der Waals surface area contributed by atoms with E-state index in [1.54, 1.807) is 18.2 Å². The highest BCUT2D eigenvalue weighted by molar-refractivity contribution is 9.10. The van der Waals surface area contributed by atoms with Crippen LogP contribution in [0.1, 0.15) is 22.8 Å². The number of halogens is 2. The van der Waals surface area contributed by atoms with Crippen molar-refractivity contribution >= 4 is 39.1 Å². The van der Waals surface area contributed by atoms with Crippen LogP contribution in [0.5, 0.6) is 5.75 Å². The predicted octanol–water partition coefficient (Wildman–Crippen LogP) is 5.06. The van der Waals surface area contributed by atoms with Crippen molar-refractivity contribution in [1.82, 2.24) is 0 Å². The van der Waals surface area contributed by atoms with Gasteiger partial charge in [0.15, 0.2) is 0 Å². The molecule has 0 spiro atoms. The fraction of sp³-hybridized carbons (Fsp3) is 0.188. The number of carbonyl (C=O) groups is 1. The number of rotatable bonds is 4. The molecule has 0 saturated carbocycles. The lowest BCUT2D eigenvalue weighted by Crippen LogP contribution is -2.13. The van der Waals surface area contributed by atoms with Crippen molar-refractivity contribution < 1.29 is 9.53 Å². The first-order valence-corrected chi connectivity index (χ1v) is 7.68. The quantitative estimate of drug-likeness (QED) is 0.819. The standard InChI is InChI=1S/C16H15BrClNO2/c1-3-21-15-8-10(2)4-7-14(15)19-16(20)12-6-5-11(18)9-13(12)17/h4-9H,3H2,1-2H3,(H,19,20). The second-order valence-electron chi connectivity index (χ2n) is 4.51. The summed E-state index contributed by atoms with van der Waals surface area (Å²) in [6, 6.07) is 10.7. The van der Waals surface area contributed by atoms with Crippen LogP contribution in [0.15, 0.2) is 40.9 Å². The van der Waals surface area contributed by atoms with Gasteiger partial charge in [-0.3, -0.25) is 4.79 Å². The Kier molecular flexibility index (Phi) is 5.26. The summed E-state index contributed by atoms with van der Waals surface area (Å²) in [4.78, 5) is 12.3. The Morgan fingerprint density at radius 1 is 1.29 bits per heavy atom. The molecule has 0 unspecified atom stereocenters. The molecule has 0 atom stereocenters. The molecule has 110 valence electrons. The number of carbonyl (C=O) groups excluding carboxylic acids is 1. The number of benzene rings is 2. The predicted molar refractivity (Wildman–Crippen MR) is 89.5 cm³/mol. The summed E-state index contributed by atoms with van der Waals surface area (Å²) in [5, 5.41) is 3.44. The lowest BCUT2D eigenvalue weighted by atomic mass is 10.2. The number of hydrogen-bond donors (Lipinski definition) is 1. The van der Waals surface area contributed by atoms with Crippen molar-refractivity contribution in [1.29, 1.82) is 0 Å². The van der Waals surface area contributed by atoms with E-state index in [4.69, 9.17) is 16.3 Å². The molecule has 21 heavy (non-hydrogen) atoms. The zero-order valence-corrected chi connectivity index (χ0v) is 14.1. The minimum atomic E-state index is -0.219. The maximum Gasteiger partial charge on any atom is 0.256 e. The van der Waals surface area contributed by atoms with Crippen LogP contribution in [0.3, 0.4) is 0 Å². The van der Waals surface area contributed by atoms with Crippen LogP contribution in [0.4, 0.5) is 5.69 Å². The van der Waals surface area contributed by atoms with E-state index in [1.807, 2.05) is 32.0 Å². The summed E-state index contributed by atoms with van der Waals surface area (Å²) >= 11 is 9.23. The molecule has 0 saturated heterocycles. The number of ether oxygens (including phenoxy) is 1. The largest absolute Gasteiger partial charge is 0.492 e. The van der Waals surface area contributed by atoms with Gasteiger partial charge >= 0.3 is 0 Å². The van der Waals surface area contributed by atoms with Crippen molar-refractivity contribution in [2.75, 3.05) is 11.9 Å². The second kappa shape index (κ2) is 6.96. The molecule has 1 amide bonds. The van der Waals surface area contributed by atoms with Crippen molar-refractivity contribution in [3.8, 4) is 5.75 Å². The van der Waals surface area contributed by atoms with Crippen LogP contribution >= 0.6 is 27.5 Å². The van der Waals surface area contributed by atoms with Gasteiger partial charge in [-0.1, -0.05) is 17.7 Å². The smallest absolute Gasteiger partial charge is 0.256 e. The van der Waals surface area contributed by atoms with E-state index in [0.717, 1.165) is 5.56 Å². The highest BCUT2D eigenvalue weighted by Crippen LogP contribution is 2.28. The Morgan fingerprint density at radius 3 is 2.71 bits per heavy atom. The van der Waals surface area contributed by atoms with Crippen LogP contribution in [0.25, 0.3) is 0 Å². The fourth-order valence-electron chi connectivity index (χ4n) is 1.87. The van der Waals surface area contributed by atoms with E-state index in [-0.39, 0.29) is 5.91 Å². The molecule has 3 nitrogen and oxygen atoms in total. The average molecular weight is 369 g/mol. The zero-order valence-electron chi connectivity index (χ0n) is 11.7. The van der Waals surface area contributed by atoms with E-state index in [0.29, 0.717) is 33.1 Å². The highest BCUT2D eigenvalue weighted by atomic mass is 79.9. The van der Waals surface area contributed by atoms with Crippen molar-refractivity contribution in [2.24, 2.45) is 0 Å². The highest BCUT2D eigenvalue weighted by Gasteiger charge is 2.13. The van der Waals surface area contributed by atoms with Crippen molar-refractivity contribution in [3.05, 3.63) is 57.0 Å². The van der Waals surface area contributed by atoms with E-state index in [9.17, 15) is 4.79 Å². The summed E-state index contributed by atoms with van der Waals surface area (Å²) in [5.41, 5.74) is 2.24. The maximum absolute atomic E-state index is 12.3. The van der Waals surface area contributed by atoms with Crippen molar-refractivity contribution in [2.45, 2.75) is 13.8 Å². The van der Waals surface area contributed by atoms with Gasteiger partial charge in [0.2, 0.25) is 0 Å². The second-order valence-corrected chi connectivity index (χ2v) is 5.80. The topological polar surface area (TPSA) is 38.3 Å². The van der Waals surface area contributed by atoms with Gasteiger partial charge < -0.3 is 10.1 Å². The van der Waals surface area contributed by atoms with Gasteiger partial charge in [-0.05, 0) is 65.7 Å². The zero-order chi connectivity index (χ0) is 15.4. The molecule has 5 heteroatoms. The summed E-state index contributed by atoms with van der Waals surface area (Å²) in [7, 11) is 0. The van der Waals surface area contributed by atoms with Gasteiger partial charge in [-0.15, -0.1) is 0 Å². The Hall–Kier alpha value is -1.52. The van der Waals surface area contributed by atoms with Crippen LogP contribution < -0.4 is 10.1 Å². The SMILES string of the molecule is CCOc1cc(C)ccc1NC(=O)c1ccc(Cl)cc1Br. The Balaban J connectivity index is 2.27. The third-order valence-corrected chi connectivity index (χ3v) is 3.75. The number of nitrogens with one attached hydrogen (secondary N) is 1. The van der Waals surface area contributed by atoms with Crippen LogP contribution in [0.2, 0.25) is 5.02 Å². The third kappa shape index (κ3) is 3.99. The molecule has 0 aliphatic carbocycles. The molecule has 2 aromatic rings. The normalized spacial score (nSPS) is 10.3. The fourth-order valence-corrected chi connectivity index (χ4v) is 2.73. The molecule has 0 aliphatic heterocycles. The van der Waals surface area contributed by atoms with E-state index < -0.39 is 0 Å². The van der Waals surface area contributed by atoms with Gasteiger partial charge in [-0.2, -0.15) is 0 Å². The van der Waals surface area contributed by atoms with Gasteiger partial charge in [0.25, 0.3) is 5.91 Å². The molecular formula is C16H15BrClNO2. The lowest BCUT2D eigenvalue weighted by Gasteiger charge is -2.13. The first-order valence-electron chi connectivity index (χ1n) is 6.51. The van der Waals surface area contributed by atoms with E-state index >= 15 is 0 Å². The molecule has 1 N–H and O–H groups in total. The van der Waals surface area contributed by atoms with Gasteiger partial charge in [0.05, 0.1) is 17.9 Å². The molecule has 2 aromatic carbocycles. The minimum Gasteiger partial charge on any atom is -0.492 e. The molecule has 0 heterocycles. The van der Waals surface area contributed by atoms with Crippen molar-refractivity contribution in [3.63, 3.8) is 0 Å². The number of amides is 1. The average Bonchev–Trinajstić information content (AvgIpc) is 2.42. The van der Waals surface area contributed by atoms with Gasteiger partial charge in [0, 0.05) is 9.50 Å². The molecule has 2 rings (SSSR count). The van der Waals surface area contributed by atoms with Crippen LogP contribution in [-0.2, 0) is 0 Å². The first-order chi connectivity index (χ1) is 10.0. The molecule has 0 bridgehead atoms. The number of aryl methyl sites for hydroxylation is 1. The molecular weight excluding hydrogens is 354 g/mol. The van der Waals surface area contributed by atoms with E-state index in [2.05, 4.69) is 21.2 Å². The summed E-state index contributed by atoms with van der Waals surface area (Å²) in [5.74, 6) is 0.444. The maximum atomic E-state index is 12.3. The molecule has 0 radical (unpaired) electrons. The number of anilines is 1. The summed E-state index contributed by atoms with van der Waals surface area (Å²) < 4.78 is 6.21.